The Morgan fingerprint density at radius 1 is 1.06 bits per heavy atom. The molecular formula is C26H28N4O2S. The maximum Gasteiger partial charge on any atom is 0.317 e. The van der Waals surface area contributed by atoms with E-state index in [0.29, 0.717) is 19.6 Å². The first-order valence-corrected chi connectivity index (χ1v) is 12.1. The molecule has 0 radical (unpaired) electrons. The molecule has 0 spiro atoms. The lowest BCUT2D eigenvalue weighted by molar-refractivity contribution is 0.194. The van der Waals surface area contributed by atoms with E-state index in [9.17, 15) is 4.79 Å². The average Bonchev–Trinajstić information content (AvgIpc) is 3.55. The topological polar surface area (TPSA) is 60.6 Å². The number of nitrogens with zero attached hydrogens (tertiary/aromatic N) is 2. The van der Waals surface area contributed by atoms with E-state index < -0.39 is 0 Å². The summed E-state index contributed by atoms with van der Waals surface area (Å²) in [7, 11) is 1.69. The van der Waals surface area contributed by atoms with Crippen LogP contribution in [0.1, 0.15) is 16.4 Å². The summed E-state index contributed by atoms with van der Waals surface area (Å²) < 4.78 is 5.50. The molecule has 0 unspecified atom stereocenters. The summed E-state index contributed by atoms with van der Waals surface area (Å²) in [5.41, 5.74) is 3.42. The number of piperazine rings is 1. The molecule has 1 aliphatic heterocycles. The van der Waals surface area contributed by atoms with Crippen molar-refractivity contribution in [1.82, 2.24) is 15.2 Å². The molecule has 170 valence electrons. The minimum absolute atomic E-state index is 0.00364. The summed E-state index contributed by atoms with van der Waals surface area (Å²) in [5.74, 6) is 0.980. The second kappa shape index (κ2) is 9.58. The van der Waals surface area contributed by atoms with Crippen molar-refractivity contribution in [3.63, 3.8) is 0 Å². The molecule has 4 aromatic rings. The predicted molar refractivity (Wildman–Crippen MR) is 135 cm³/mol. The number of hydrogen-bond acceptors (Lipinski definition) is 4. The molecule has 7 heteroatoms. The highest BCUT2D eigenvalue weighted by atomic mass is 32.1. The van der Waals surface area contributed by atoms with Gasteiger partial charge in [-0.3, -0.25) is 0 Å². The zero-order valence-corrected chi connectivity index (χ0v) is 19.5. The number of aromatic amines is 1. The van der Waals surface area contributed by atoms with Gasteiger partial charge in [-0.05, 0) is 35.2 Å². The number of rotatable bonds is 6. The molecule has 2 amide bonds. The van der Waals surface area contributed by atoms with E-state index in [1.807, 2.05) is 29.2 Å². The highest BCUT2D eigenvalue weighted by Crippen LogP contribution is 2.33. The number of thiophene rings is 1. The Kier molecular flexibility index (Phi) is 6.21. The maximum atomic E-state index is 13.0. The fraction of sp³-hybridized carbons (Fsp3) is 0.269. The predicted octanol–water partition coefficient (Wildman–Crippen LogP) is 4.90. The number of anilines is 1. The summed E-state index contributed by atoms with van der Waals surface area (Å²) in [6, 6.07) is 20.6. The second-order valence-electron chi connectivity index (χ2n) is 8.19. The van der Waals surface area contributed by atoms with Gasteiger partial charge in [0.25, 0.3) is 0 Å². The van der Waals surface area contributed by atoms with Crippen molar-refractivity contribution in [1.29, 1.82) is 0 Å². The van der Waals surface area contributed by atoms with Gasteiger partial charge in [0.1, 0.15) is 5.75 Å². The SMILES string of the molecule is COc1ccccc1N1CCN(C(=O)NC[C@H](c2cccs2)c2c[nH]c3ccccc23)CC1. The summed E-state index contributed by atoms with van der Waals surface area (Å²) >= 11 is 1.73. The van der Waals surface area contributed by atoms with Crippen molar-refractivity contribution < 1.29 is 9.53 Å². The average molecular weight is 461 g/mol. The Bertz CT molecular complexity index is 1210. The molecule has 2 aromatic heterocycles. The van der Waals surface area contributed by atoms with Crippen molar-refractivity contribution in [2.24, 2.45) is 0 Å². The van der Waals surface area contributed by atoms with Gasteiger partial charge in [0.15, 0.2) is 0 Å². The van der Waals surface area contributed by atoms with Crippen LogP contribution in [0, 0.1) is 0 Å². The van der Waals surface area contributed by atoms with Gasteiger partial charge in [-0.1, -0.05) is 36.4 Å². The number of H-pyrrole nitrogens is 1. The van der Waals surface area contributed by atoms with Gasteiger partial charge in [-0.25, -0.2) is 4.79 Å². The highest BCUT2D eigenvalue weighted by molar-refractivity contribution is 7.10. The zero-order valence-electron chi connectivity index (χ0n) is 18.7. The lowest BCUT2D eigenvalue weighted by Crippen LogP contribution is -2.52. The van der Waals surface area contributed by atoms with Gasteiger partial charge in [0, 0.05) is 60.6 Å². The van der Waals surface area contributed by atoms with E-state index >= 15 is 0 Å². The monoisotopic (exact) mass is 460 g/mol. The molecule has 1 atom stereocenters. The van der Waals surface area contributed by atoms with Gasteiger partial charge in [-0.15, -0.1) is 11.3 Å². The minimum Gasteiger partial charge on any atom is -0.495 e. The Morgan fingerprint density at radius 2 is 1.85 bits per heavy atom. The third kappa shape index (κ3) is 4.41. The molecule has 0 saturated carbocycles. The summed E-state index contributed by atoms with van der Waals surface area (Å²) in [4.78, 5) is 21.9. The number of nitrogens with one attached hydrogen (secondary N) is 2. The normalized spacial score (nSPS) is 14.9. The van der Waals surface area contributed by atoms with Crippen LogP contribution < -0.4 is 15.0 Å². The Hall–Kier alpha value is -3.45. The number of urea groups is 1. The maximum absolute atomic E-state index is 13.0. The number of hydrogen-bond donors (Lipinski definition) is 2. The van der Waals surface area contributed by atoms with Crippen molar-refractivity contribution in [3.05, 3.63) is 82.7 Å². The molecule has 2 N–H and O–H groups in total. The van der Waals surface area contributed by atoms with Gasteiger partial charge in [0.2, 0.25) is 0 Å². The summed E-state index contributed by atoms with van der Waals surface area (Å²) in [5, 5.41) is 6.51. The van der Waals surface area contributed by atoms with E-state index in [1.54, 1.807) is 18.4 Å². The first-order valence-electron chi connectivity index (χ1n) is 11.2. The summed E-state index contributed by atoms with van der Waals surface area (Å²) in [6.07, 6.45) is 2.08. The smallest absolute Gasteiger partial charge is 0.317 e. The number of carbonyl (C=O) groups excluding carboxylic acids is 1. The first kappa shape index (κ1) is 21.4. The summed E-state index contributed by atoms with van der Waals surface area (Å²) in [6.45, 7) is 3.49. The molecule has 0 bridgehead atoms. The molecule has 0 aliphatic carbocycles. The zero-order chi connectivity index (χ0) is 22.6. The van der Waals surface area contributed by atoms with Crippen LogP contribution in [0.3, 0.4) is 0 Å². The number of methoxy groups -OCH3 is 1. The van der Waals surface area contributed by atoms with E-state index in [1.165, 1.54) is 15.8 Å². The van der Waals surface area contributed by atoms with Gasteiger partial charge >= 0.3 is 6.03 Å². The Labute approximate surface area is 197 Å². The number of ether oxygens (including phenoxy) is 1. The van der Waals surface area contributed by atoms with Crippen molar-refractivity contribution in [2.75, 3.05) is 44.7 Å². The molecule has 33 heavy (non-hydrogen) atoms. The molecule has 2 aromatic carbocycles. The lowest BCUT2D eigenvalue weighted by Gasteiger charge is -2.36. The van der Waals surface area contributed by atoms with Crippen LogP contribution in [-0.4, -0.2) is 55.7 Å². The van der Waals surface area contributed by atoms with Crippen LogP contribution >= 0.6 is 11.3 Å². The molecule has 6 nitrogen and oxygen atoms in total. The number of para-hydroxylation sites is 3. The number of aromatic nitrogens is 1. The molecule has 3 heterocycles. The Morgan fingerprint density at radius 3 is 2.64 bits per heavy atom. The fourth-order valence-corrected chi connectivity index (χ4v) is 5.42. The standard InChI is InChI=1S/C26H28N4O2S/c1-32-24-10-5-4-9-23(24)29-12-14-30(15-13-29)26(31)28-18-21(25-11-6-16-33-25)20-17-27-22-8-3-2-7-19(20)22/h2-11,16-17,21,27H,12-15,18H2,1H3,(H,28,31)/t21-/m0/s1. The van der Waals surface area contributed by atoms with E-state index in [2.05, 4.69) is 63.2 Å². The fourth-order valence-electron chi connectivity index (χ4n) is 4.58. The van der Waals surface area contributed by atoms with Crippen LogP contribution in [0.5, 0.6) is 5.75 Å². The number of carbonyl (C=O) groups is 1. The number of fused-ring (bicyclic) bond motifs is 1. The minimum atomic E-state index is -0.00364. The quantitative estimate of drug-likeness (QED) is 0.430. The van der Waals surface area contributed by atoms with Crippen LogP contribution in [0.25, 0.3) is 10.9 Å². The van der Waals surface area contributed by atoms with E-state index in [4.69, 9.17) is 4.74 Å². The third-order valence-electron chi connectivity index (χ3n) is 6.33. The van der Waals surface area contributed by atoms with Crippen LogP contribution in [-0.2, 0) is 0 Å². The second-order valence-corrected chi connectivity index (χ2v) is 9.17. The molecule has 5 rings (SSSR count). The first-order chi connectivity index (χ1) is 16.2. The van der Waals surface area contributed by atoms with Crippen molar-refractivity contribution in [2.45, 2.75) is 5.92 Å². The molecule has 1 aliphatic rings. The Balaban J connectivity index is 1.25. The molecule has 1 saturated heterocycles. The molecular weight excluding hydrogens is 432 g/mol. The van der Waals surface area contributed by atoms with Gasteiger partial charge in [-0.2, -0.15) is 0 Å². The number of benzene rings is 2. The highest BCUT2D eigenvalue weighted by Gasteiger charge is 2.25. The third-order valence-corrected chi connectivity index (χ3v) is 7.32. The van der Waals surface area contributed by atoms with Gasteiger partial charge in [0.05, 0.1) is 12.8 Å². The lowest BCUT2D eigenvalue weighted by atomic mass is 9.97. The van der Waals surface area contributed by atoms with Crippen molar-refractivity contribution in [3.8, 4) is 5.75 Å². The van der Waals surface area contributed by atoms with Crippen LogP contribution in [0.2, 0.25) is 0 Å². The number of amides is 2. The van der Waals surface area contributed by atoms with Crippen LogP contribution in [0.4, 0.5) is 10.5 Å². The van der Waals surface area contributed by atoms with E-state index in [0.717, 1.165) is 30.0 Å². The van der Waals surface area contributed by atoms with E-state index in [-0.39, 0.29) is 11.9 Å². The van der Waals surface area contributed by atoms with Gasteiger partial charge < -0.3 is 24.8 Å². The van der Waals surface area contributed by atoms with Crippen LogP contribution in [0.15, 0.2) is 72.2 Å². The van der Waals surface area contributed by atoms with Crippen molar-refractivity contribution >= 4 is 34.0 Å². The molecule has 1 fully saturated rings. The largest absolute Gasteiger partial charge is 0.495 e.